The highest BCUT2D eigenvalue weighted by atomic mass is 19.1. The predicted octanol–water partition coefficient (Wildman–Crippen LogP) is 2.34. The minimum absolute atomic E-state index is 0.260. The van der Waals surface area contributed by atoms with Crippen LogP contribution in [0.2, 0.25) is 0 Å². The van der Waals surface area contributed by atoms with Gasteiger partial charge in [-0.1, -0.05) is 6.07 Å². The van der Waals surface area contributed by atoms with Gasteiger partial charge in [0.1, 0.15) is 5.82 Å². The van der Waals surface area contributed by atoms with Crippen LogP contribution in [0.5, 0.6) is 0 Å². The lowest BCUT2D eigenvalue weighted by Gasteiger charge is -2.26. The van der Waals surface area contributed by atoms with Crippen LogP contribution in [-0.2, 0) is 10.3 Å². The van der Waals surface area contributed by atoms with Crippen molar-refractivity contribution in [3.05, 3.63) is 35.1 Å². The molecule has 1 rings (SSSR count). The zero-order valence-corrected chi connectivity index (χ0v) is 9.51. The maximum absolute atomic E-state index is 13.1. The third kappa shape index (κ3) is 3.01. The van der Waals surface area contributed by atoms with Crippen molar-refractivity contribution < 1.29 is 9.13 Å². The summed E-state index contributed by atoms with van der Waals surface area (Å²) in [5.74, 6) is -0.260. The van der Waals surface area contributed by atoms with Crippen LogP contribution in [0.3, 0.4) is 0 Å². The molecule has 3 heteroatoms. The summed E-state index contributed by atoms with van der Waals surface area (Å²) in [6.07, 6.45) is 0. The van der Waals surface area contributed by atoms with Crippen LogP contribution in [0.25, 0.3) is 0 Å². The van der Waals surface area contributed by atoms with Crippen LogP contribution in [0, 0.1) is 12.7 Å². The van der Waals surface area contributed by atoms with Gasteiger partial charge in [-0.15, -0.1) is 0 Å². The van der Waals surface area contributed by atoms with Gasteiger partial charge < -0.3 is 10.5 Å². The highest BCUT2D eigenvalue weighted by molar-refractivity contribution is 5.32. The van der Waals surface area contributed by atoms with Gasteiger partial charge in [0.05, 0.1) is 12.1 Å². The molecule has 0 aliphatic heterocycles. The van der Waals surface area contributed by atoms with Gasteiger partial charge in [-0.3, -0.25) is 0 Å². The van der Waals surface area contributed by atoms with E-state index in [9.17, 15) is 4.39 Å². The highest BCUT2D eigenvalue weighted by Gasteiger charge is 2.23. The van der Waals surface area contributed by atoms with Crippen molar-refractivity contribution in [3.8, 4) is 0 Å². The number of benzene rings is 1. The SMILES string of the molecule is CCOCC(C)(N)c1cc(F)ccc1C. The van der Waals surface area contributed by atoms with E-state index in [-0.39, 0.29) is 5.82 Å². The van der Waals surface area contributed by atoms with Crippen LogP contribution < -0.4 is 5.73 Å². The van der Waals surface area contributed by atoms with Crippen molar-refractivity contribution >= 4 is 0 Å². The first-order valence-electron chi connectivity index (χ1n) is 5.10. The van der Waals surface area contributed by atoms with Crippen LogP contribution in [-0.4, -0.2) is 13.2 Å². The van der Waals surface area contributed by atoms with E-state index in [0.29, 0.717) is 13.2 Å². The Labute approximate surface area is 90.2 Å². The fourth-order valence-electron chi connectivity index (χ4n) is 1.60. The van der Waals surface area contributed by atoms with Gasteiger partial charge in [-0.25, -0.2) is 4.39 Å². The molecule has 15 heavy (non-hydrogen) atoms. The lowest BCUT2D eigenvalue weighted by atomic mass is 9.90. The minimum atomic E-state index is -0.637. The lowest BCUT2D eigenvalue weighted by Crippen LogP contribution is -2.39. The molecule has 1 unspecified atom stereocenters. The highest BCUT2D eigenvalue weighted by Crippen LogP contribution is 2.22. The Hall–Kier alpha value is -0.930. The van der Waals surface area contributed by atoms with E-state index in [1.165, 1.54) is 12.1 Å². The van der Waals surface area contributed by atoms with Crippen LogP contribution in [0.15, 0.2) is 18.2 Å². The molecule has 0 aliphatic carbocycles. The molecule has 2 nitrogen and oxygen atoms in total. The fourth-order valence-corrected chi connectivity index (χ4v) is 1.60. The second-order valence-corrected chi connectivity index (χ2v) is 4.01. The summed E-state index contributed by atoms with van der Waals surface area (Å²) >= 11 is 0. The summed E-state index contributed by atoms with van der Waals surface area (Å²) in [5.41, 5.74) is 7.25. The van der Waals surface area contributed by atoms with E-state index in [2.05, 4.69) is 0 Å². The van der Waals surface area contributed by atoms with E-state index >= 15 is 0 Å². The Kier molecular flexibility index (Phi) is 3.83. The van der Waals surface area contributed by atoms with Crippen LogP contribution in [0.4, 0.5) is 4.39 Å². The quantitative estimate of drug-likeness (QED) is 0.829. The molecular formula is C12H18FNO. The summed E-state index contributed by atoms with van der Waals surface area (Å²) < 4.78 is 18.4. The molecule has 0 saturated heterocycles. The van der Waals surface area contributed by atoms with Crippen molar-refractivity contribution in [2.75, 3.05) is 13.2 Å². The molecular weight excluding hydrogens is 193 g/mol. The minimum Gasteiger partial charge on any atom is -0.379 e. The predicted molar refractivity (Wildman–Crippen MR) is 59.2 cm³/mol. The molecule has 0 spiro atoms. The zero-order valence-electron chi connectivity index (χ0n) is 9.51. The normalized spacial score (nSPS) is 15.0. The topological polar surface area (TPSA) is 35.2 Å². The second kappa shape index (κ2) is 4.73. The zero-order chi connectivity index (χ0) is 11.5. The largest absolute Gasteiger partial charge is 0.379 e. The fraction of sp³-hybridized carbons (Fsp3) is 0.500. The van der Waals surface area contributed by atoms with Gasteiger partial charge in [0, 0.05) is 6.61 Å². The van der Waals surface area contributed by atoms with Gasteiger partial charge in [-0.05, 0) is 44.0 Å². The monoisotopic (exact) mass is 211 g/mol. The number of hydrogen-bond donors (Lipinski definition) is 1. The first-order chi connectivity index (χ1) is 6.97. The molecule has 0 bridgehead atoms. The lowest BCUT2D eigenvalue weighted by molar-refractivity contribution is 0.100. The van der Waals surface area contributed by atoms with E-state index in [1.54, 1.807) is 6.07 Å². The van der Waals surface area contributed by atoms with Crippen molar-refractivity contribution in [1.29, 1.82) is 0 Å². The van der Waals surface area contributed by atoms with Gasteiger partial charge in [0.15, 0.2) is 0 Å². The summed E-state index contributed by atoms with van der Waals surface area (Å²) in [6, 6.07) is 4.66. The number of rotatable bonds is 4. The second-order valence-electron chi connectivity index (χ2n) is 4.01. The molecule has 1 atom stereocenters. The third-order valence-electron chi connectivity index (χ3n) is 2.42. The average Bonchev–Trinajstić information content (AvgIpc) is 2.18. The van der Waals surface area contributed by atoms with Crippen LogP contribution >= 0.6 is 0 Å². The summed E-state index contributed by atoms with van der Waals surface area (Å²) in [5, 5.41) is 0. The number of ether oxygens (including phenoxy) is 1. The molecule has 1 aromatic rings. The first kappa shape index (κ1) is 12.1. The molecule has 0 saturated carbocycles. The number of nitrogens with two attached hydrogens (primary N) is 1. The molecule has 0 fully saturated rings. The molecule has 84 valence electrons. The number of hydrogen-bond acceptors (Lipinski definition) is 2. The third-order valence-corrected chi connectivity index (χ3v) is 2.42. The van der Waals surface area contributed by atoms with Gasteiger partial charge in [-0.2, -0.15) is 0 Å². The Morgan fingerprint density at radius 2 is 2.13 bits per heavy atom. The van der Waals surface area contributed by atoms with E-state index in [1.807, 2.05) is 20.8 Å². The number of aryl methyl sites for hydroxylation is 1. The number of halogens is 1. The molecule has 0 radical (unpaired) electrons. The van der Waals surface area contributed by atoms with E-state index in [0.717, 1.165) is 11.1 Å². The molecule has 0 aromatic heterocycles. The standard InChI is InChI=1S/C12H18FNO/c1-4-15-8-12(3,14)11-7-10(13)6-5-9(11)2/h5-7H,4,8,14H2,1-3H3. The Morgan fingerprint density at radius 3 is 2.73 bits per heavy atom. The van der Waals surface area contributed by atoms with Crippen molar-refractivity contribution in [2.24, 2.45) is 5.73 Å². The van der Waals surface area contributed by atoms with Gasteiger partial charge in [0.25, 0.3) is 0 Å². The van der Waals surface area contributed by atoms with Crippen molar-refractivity contribution in [3.63, 3.8) is 0 Å². The summed E-state index contributed by atoms with van der Waals surface area (Å²) in [4.78, 5) is 0. The smallest absolute Gasteiger partial charge is 0.123 e. The van der Waals surface area contributed by atoms with Crippen molar-refractivity contribution in [2.45, 2.75) is 26.3 Å². The molecule has 0 amide bonds. The average molecular weight is 211 g/mol. The molecule has 1 aromatic carbocycles. The molecule has 2 N–H and O–H groups in total. The summed E-state index contributed by atoms with van der Waals surface area (Å²) in [7, 11) is 0. The van der Waals surface area contributed by atoms with E-state index in [4.69, 9.17) is 10.5 Å². The summed E-state index contributed by atoms with van der Waals surface area (Å²) in [6.45, 7) is 6.69. The van der Waals surface area contributed by atoms with Crippen molar-refractivity contribution in [1.82, 2.24) is 0 Å². The van der Waals surface area contributed by atoms with Crippen LogP contribution in [0.1, 0.15) is 25.0 Å². The van der Waals surface area contributed by atoms with E-state index < -0.39 is 5.54 Å². The molecule has 0 heterocycles. The van der Waals surface area contributed by atoms with Gasteiger partial charge >= 0.3 is 0 Å². The molecule has 0 aliphatic rings. The Bertz CT molecular complexity index is 336. The Morgan fingerprint density at radius 1 is 1.47 bits per heavy atom. The Balaban J connectivity index is 2.97. The first-order valence-corrected chi connectivity index (χ1v) is 5.10. The maximum Gasteiger partial charge on any atom is 0.123 e. The maximum atomic E-state index is 13.1. The van der Waals surface area contributed by atoms with Gasteiger partial charge in [0.2, 0.25) is 0 Å².